The van der Waals surface area contributed by atoms with Crippen LogP contribution in [0.1, 0.15) is 12.1 Å². The Bertz CT molecular complexity index is 486. The van der Waals surface area contributed by atoms with Gasteiger partial charge in [0, 0.05) is 38.4 Å². The van der Waals surface area contributed by atoms with Crippen LogP contribution in [-0.4, -0.2) is 55.9 Å². The van der Waals surface area contributed by atoms with E-state index in [4.69, 9.17) is 0 Å². The lowest BCUT2D eigenvalue weighted by Gasteiger charge is -2.16. The van der Waals surface area contributed by atoms with Gasteiger partial charge in [0.05, 0.1) is 19.9 Å². The molecule has 0 aliphatic carbocycles. The molecule has 108 valence electrons. The van der Waals surface area contributed by atoms with Crippen LogP contribution in [0.3, 0.4) is 0 Å². The first-order chi connectivity index (χ1) is 8.95. The van der Waals surface area contributed by atoms with Crippen molar-refractivity contribution in [3.05, 3.63) is 18.2 Å². The molecule has 1 heterocycles. The first kappa shape index (κ1) is 15.6. The summed E-state index contributed by atoms with van der Waals surface area (Å²) in [5.41, 5.74) is 0.847. The number of imidazole rings is 1. The van der Waals surface area contributed by atoms with Gasteiger partial charge in [-0.1, -0.05) is 0 Å². The van der Waals surface area contributed by atoms with Crippen LogP contribution in [0.2, 0.25) is 0 Å². The van der Waals surface area contributed by atoms with E-state index in [1.165, 1.54) is 20.5 Å². The maximum Gasteiger partial charge on any atom is 0.306 e. The summed E-state index contributed by atoms with van der Waals surface area (Å²) in [5, 5.41) is 0. The van der Waals surface area contributed by atoms with E-state index in [1.807, 2.05) is 0 Å². The molecule has 0 saturated heterocycles. The maximum absolute atomic E-state index is 11.8. The zero-order chi connectivity index (χ0) is 14.3. The third-order valence-corrected chi connectivity index (χ3v) is 4.07. The summed E-state index contributed by atoms with van der Waals surface area (Å²) in [6, 6.07) is 0. The van der Waals surface area contributed by atoms with Crippen molar-refractivity contribution in [2.24, 2.45) is 0 Å². The molecule has 0 saturated carbocycles. The van der Waals surface area contributed by atoms with E-state index in [0.29, 0.717) is 6.42 Å². The number of aromatic amines is 1. The third kappa shape index (κ3) is 5.37. The molecule has 0 aliphatic rings. The largest absolute Gasteiger partial charge is 0.469 e. The second kappa shape index (κ2) is 7.22. The average Bonchev–Trinajstić information content (AvgIpc) is 2.88. The van der Waals surface area contributed by atoms with Crippen molar-refractivity contribution in [1.82, 2.24) is 19.0 Å². The van der Waals surface area contributed by atoms with Crippen molar-refractivity contribution in [2.45, 2.75) is 12.8 Å². The molecule has 9 heteroatoms. The second-order valence-electron chi connectivity index (χ2n) is 3.87. The number of carbonyl (C=O) groups excluding carboxylic acids is 1. The number of nitrogens with zero attached hydrogens (tertiary/aromatic N) is 2. The first-order valence-corrected chi connectivity index (χ1v) is 7.14. The van der Waals surface area contributed by atoms with E-state index in [-0.39, 0.29) is 19.5 Å². The molecule has 1 aromatic heterocycles. The Labute approximate surface area is 112 Å². The standard InChI is InChI=1S/C10H18N4O4S/c1-14(6-4-10(15)18-2)19(16,17)13-5-3-9-7-11-8-12-9/h7-8,13H,3-6H2,1-2H3,(H,11,12). The van der Waals surface area contributed by atoms with E-state index in [9.17, 15) is 13.2 Å². The van der Waals surface area contributed by atoms with Crippen LogP contribution in [-0.2, 0) is 26.2 Å². The highest BCUT2D eigenvalue weighted by molar-refractivity contribution is 7.87. The molecule has 1 rings (SSSR count). The number of H-pyrrole nitrogens is 1. The molecule has 8 nitrogen and oxygen atoms in total. The summed E-state index contributed by atoms with van der Waals surface area (Å²) in [4.78, 5) is 17.7. The van der Waals surface area contributed by atoms with Crippen molar-refractivity contribution in [1.29, 1.82) is 0 Å². The van der Waals surface area contributed by atoms with E-state index < -0.39 is 16.2 Å². The minimum atomic E-state index is -3.58. The predicted octanol–water partition coefficient (Wildman–Crippen LogP) is -0.718. The van der Waals surface area contributed by atoms with Gasteiger partial charge in [-0.15, -0.1) is 0 Å². The number of hydrogen-bond donors (Lipinski definition) is 2. The molecule has 0 spiro atoms. The molecule has 19 heavy (non-hydrogen) atoms. The molecule has 1 aromatic rings. The maximum atomic E-state index is 11.8. The lowest BCUT2D eigenvalue weighted by Crippen LogP contribution is -2.40. The number of aromatic nitrogens is 2. The fourth-order valence-corrected chi connectivity index (χ4v) is 2.23. The summed E-state index contributed by atoms with van der Waals surface area (Å²) in [6.07, 6.45) is 3.71. The van der Waals surface area contributed by atoms with Gasteiger partial charge in [-0.05, 0) is 0 Å². The molecule has 0 aromatic carbocycles. The van der Waals surface area contributed by atoms with Crippen LogP contribution in [0.25, 0.3) is 0 Å². The Morgan fingerprint density at radius 3 is 2.89 bits per heavy atom. The zero-order valence-corrected chi connectivity index (χ0v) is 11.7. The fourth-order valence-electron chi connectivity index (χ4n) is 1.32. The van der Waals surface area contributed by atoms with Crippen LogP contribution in [0.15, 0.2) is 12.5 Å². The van der Waals surface area contributed by atoms with E-state index in [1.54, 1.807) is 6.20 Å². The highest BCUT2D eigenvalue weighted by atomic mass is 32.2. The smallest absolute Gasteiger partial charge is 0.306 e. The van der Waals surface area contributed by atoms with Gasteiger partial charge in [0.1, 0.15) is 0 Å². The van der Waals surface area contributed by atoms with Gasteiger partial charge in [0.25, 0.3) is 10.2 Å². The molecule has 0 atom stereocenters. The number of esters is 1. The number of hydrogen-bond acceptors (Lipinski definition) is 5. The van der Waals surface area contributed by atoms with Gasteiger partial charge >= 0.3 is 5.97 Å². The normalized spacial score (nSPS) is 11.7. The number of ether oxygens (including phenoxy) is 1. The molecule has 0 unspecified atom stereocenters. The minimum Gasteiger partial charge on any atom is -0.469 e. The lowest BCUT2D eigenvalue weighted by atomic mass is 10.3. The Balaban J connectivity index is 2.35. The Morgan fingerprint density at radius 1 is 1.58 bits per heavy atom. The van der Waals surface area contributed by atoms with Gasteiger partial charge in [0.2, 0.25) is 0 Å². The SMILES string of the molecule is COC(=O)CCN(C)S(=O)(=O)NCCc1cnc[nH]1. The Hall–Kier alpha value is -1.45. The van der Waals surface area contributed by atoms with Crippen LogP contribution < -0.4 is 4.72 Å². The topological polar surface area (TPSA) is 104 Å². The van der Waals surface area contributed by atoms with Crippen molar-refractivity contribution in [2.75, 3.05) is 27.2 Å². The molecule has 2 N–H and O–H groups in total. The molecule has 0 fully saturated rings. The third-order valence-electron chi connectivity index (χ3n) is 2.50. The number of methoxy groups -OCH3 is 1. The summed E-state index contributed by atoms with van der Waals surface area (Å²) >= 11 is 0. The number of carbonyl (C=O) groups is 1. The van der Waals surface area contributed by atoms with Crippen LogP contribution in [0.4, 0.5) is 0 Å². The quantitative estimate of drug-likeness (QED) is 0.615. The van der Waals surface area contributed by atoms with E-state index in [0.717, 1.165) is 10.00 Å². The lowest BCUT2D eigenvalue weighted by molar-refractivity contribution is -0.140. The van der Waals surface area contributed by atoms with Crippen molar-refractivity contribution in [3.8, 4) is 0 Å². The zero-order valence-electron chi connectivity index (χ0n) is 10.9. The predicted molar refractivity (Wildman–Crippen MR) is 68.5 cm³/mol. The van der Waals surface area contributed by atoms with Crippen LogP contribution in [0, 0.1) is 0 Å². The first-order valence-electron chi connectivity index (χ1n) is 5.70. The van der Waals surface area contributed by atoms with Gasteiger partial charge in [0.15, 0.2) is 0 Å². The van der Waals surface area contributed by atoms with E-state index in [2.05, 4.69) is 19.4 Å². The molecular weight excluding hydrogens is 272 g/mol. The summed E-state index contributed by atoms with van der Waals surface area (Å²) in [5.74, 6) is -0.445. The monoisotopic (exact) mass is 290 g/mol. The van der Waals surface area contributed by atoms with Crippen LogP contribution >= 0.6 is 0 Å². The van der Waals surface area contributed by atoms with Gasteiger partial charge in [-0.2, -0.15) is 12.7 Å². The molecular formula is C10H18N4O4S. The summed E-state index contributed by atoms with van der Waals surface area (Å²) < 4.78 is 31.6. The average molecular weight is 290 g/mol. The number of nitrogens with one attached hydrogen (secondary N) is 2. The Kier molecular flexibility index (Phi) is 5.93. The van der Waals surface area contributed by atoms with Gasteiger partial charge in [-0.3, -0.25) is 4.79 Å². The molecule has 0 bridgehead atoms. The number of rotatable bonds is 8. The van der Waals surface area contributed by atoms with Gasteiger partial charge in [-0.25, -0.2) is 9.71 Å². The van der Waals surface area contributed by atoms with E-state index >= 15 is 0 Å². The summed E-state index contributed by atoms with van der Waals surface area (Å²) in [7, 11) is -0.909. The molecule has 0 amide bonds. The highest BCUT2D eigenvalue weighted by Gasteiger charge is 2.17. The van der Waals surface area contributed by atoms with Crippen molar-refractivity contribution < 1.29 is 17.9 Å². The summed E-state index contributed by atoms with van der Waals surface area (Å²) in [6.45, 7) is 0.332. The Morgan fingerprint density at radius 2 is 2.32 bits per heavy atom. The van der Waals surface area contributed by atoms with Crippen molar-refractivity contribution >= 4 is 16.2 Å². The highest BCUT2D eigenvalue weighted by Crippen LogP contribution is 1.98. The minimum absolute atomic E-state index is 0.0223. The van der Waals surface area contributed by atoms with Crippen molar-refractivity contribution in [3.63, 3.8) is 0 Å². The molecule has 0 radical (unpaired) electrons. The van der Waals surface area contributed by atoms with Crippen LogP contribution in [0.5, 0.6) is 0 Å². The molecule has 0 aliphatic heterocycles. The fraction of sp³-hybridized carbons (Fsp3) is 0.600. The second-order valence-corrected chi connectivity index (χ2v) is 5.74. The van der Waals surface area contributed by atoms with Gasteiger partial charge < -0.3 is 9.72 Å².